The summed E-state index contributed by atoms with van der Waals surface area (Å²) in [4.78, 5) is 12.1. The number of carbonyl (C=O) groups is 1. The van der Waals surface area contributed by atoms with Gasteiger partial charge in [-0.3, -0.25) is 0 Å². The highest BCUT2D eigenvalue weighted by atomic mass is 16.3. The zero-order chi connectivity index (χ0) is 20.5. The topological polar surface area (TPSA) is 57.5 Å². The van der Waals surface area contributed by atoms with Gasteiger partial charge in [0.05, 0.1) is 11.5 Å². The Bertz CT molecular complexity index is 698. The van der Waals surface area contributed by atoms with Crippen molar-refractivity contribution in [2.75, 3.05) is 6.61 Å². The minimum absolute atomic E-state index is 0.0491. The predicted octanol–water partition coefficient (Wildman–Crippen LogP) is 4.90. The molecule has 0 aliphatic heterocycles. The first-order chi connectivity index (χ1) is 13.1. The lowest BCUT2D eigenvalue weighted by Gasteiger charge is -2.61. The fourth-order valence-electron chi connectivity index (χ4n) is 8.66. The molecule has 4 rings (SSSR count). The van der Waals surface area contributed by atoms with E-state index in [2.05, 4.69) is 27.7 Å². The van der Waals surface area contributed by atoms with Crippen LogP contribution in [0.15, 0.2) is 11.1 Å². The van der Waals surface area contributed by atoms with E-state index in [0.29, 0.717) is 11.8 Å². The maximum Gasteiger partial charge on any atom is 0.128 e. The highest BCUT2D eigenvalue weighted by Crippen LogP contribution is 2.72. The number of hydrogen-bond acceptors (Lipinski definition) is 3. The summed E-state index contributed by atoms with van der Waals surface area (Å²) in [5.74, 6) is 1.21. The van der Waals surface area contributed by atoms with Crippen molar-refractivity contribution in [3.63, 3.8) is 0 Å². The van der Waals surface area contributed by atoms with Gasteiger partial charge in [-0.05, 0) is 85.4 Å². The molecule has 2 N–H and O–H groups in total. The molecule has 3 heteroatoms. The van der Waals surface area contributed by atoms with Gasteiger partial charge < -0.3 is 15.0 Å². The Hall–Kier alpha value is -0.670. The largest absolute Gasteiger partial charge is 0.396 e. The second-order valence-corrected chi connectivity index (χ2v) is 11.6. The molecule has 8 atom stereocenters. The van der Waals surface area contributed by atoms with Crippen LogP contribution in [0.1, 0.15) is 86.0 Å². The summed E-state index contributed by atoms with van der Waals surface area (Å²) in [6.07, 6.45) is 9.17. The van der Waals surface area contributed by atoms with Crippen molar-refractivity contribution in [3.05, 3.63) is 11.1 Å². The van der Waals surface area contributed by atoms with Crippen LogP contribution in [0, 0.1) is 39.4 Å². The fraction of sp³-hybridized carbons (Fsp3) is 0.880. The summed E-state index contributed by atoms with van der Waals surface area (Å²) in [6, 6.07) is 0. The Kier molecular flexibility index (Phi) is 4.72. The van der Waals surface area contributed by atoms with Crippen LogP contribution in [0.3, 0.4) is 0 Å². The average Bonchev–Trinajstić information content (AvgIpc) is 2.96. The minimum Gasteiger partial charge on any atom is -0.396 e. The molecular weight excluding hydrogens is 348 g/mol. The molecule has 0 bridgehead atoms. The number of rotatable bonds is 3. The number of fused-ring (bicyclic) bond motifs is 4. The molecule has 4 aliphatic rings. The van der Waals surface area contributed by atoms with Crippen LogP contribution in [0.5, 0.6) is 0 Å². The quantitative estimate of drug-likeness (QED) is 0.534. The van der Waals surface area contributed by atoms with Crippen LogP contribution in [-0.2, 0) is 4.79 Å². The predicted molar refractivity (Wildman–Crippen MR) is 112 cm³/mol. The molecule has 8 unspecified atom stereocenters. The molecule has 0 saturated heterocycles. The van der Waals surface area contributed by atoms with E-state index >= 15 is 0 Å². The van der Waals surface area contributed by atoms with Crippen LogP contribution in [0.25, 0.3) is 0 Å². The molecule has 0 amide bonds. The van der Waals surface area contributed by atoms with Gasteiger partial charge in [0, 0.05) is 6.61 Å². The molecule has 0 radical (unpaired) electrons. The summed E-state index contributed by atoms with van der Waals surface area (Å²) in [6.45, 7) is 11.9. The molecule has 2 fully saturated rings. The fourth-order valence-corrected chi connectivity index (χ4v) is 8.66. The summed E-state index contributed by atoms with van der Waals surface area (Å²) >= 11 is 0. The number of allylic oxidation sites excluding steroid dienone is 2. The minimum atomic E-state index is -0.614. The van der Waals surface area contributed by atoms with Gasteiger partial charge in [-0.2, -0.15) is 0 Å². The molecule has 3 nitrogen and oxygen atoms in total. The van der Waals surface area contributed by atoms with Gasteiger partial charge in [0.25, 0.3) is 0 Å². The molecule has 0 heterocycles. The summed E-state index contributed by atoms with van der Waals surface area (Å²) in [5, 5.41) is 20.5. The molecule has 28 heavy (non-hydrogen) atoms. The van der Waals surface area contributed by atoms with E-state index in [1.807, 2.05) is 6.92 Å². The van der Waals surface area contributed by atoms with Crippen molar-refractivity contribution in [2.45, 2.75) is 92.1 Å². The highest BCUT2D eigenvalue weighted by molar-refractivity contribution is 5.62. The summed E-state index contributed by atoms with van der Waals surface area (Å²) in [7, 11) is 0. The molecule has 4 aliphatic carbocycles. The maximum absolute atomic E-state index is 12.1. The third-order valence-electron chi connectivity index (χ3n) is 10.7. The van der Waals surface area contributed by atoms with E-state index in [9.17, 15) is 15.0 Å². The van der Waals surface area contributed by atoms with Crippen LogP contribution < -0.4 is 0 Å². The lowest BCUT2D eigenvalue weighted by molar-refractivity contribution is -0.142. The molecule has 0 aromatic heterocycles. The first-order valence-electron chi connectivity index (χ1n) is 11.6. The van der Waals surface area contributed by atoms with Gasteiger partial charge in [0.15, 0.2) is 0 Å². The van der Waals surface area contributed by atoms with E-state index in [0.717, 1.165) is 38.4 Å². The van der Waals surface area contributed by atoms with Crippen molar-refractivity contribution < 1.29 is 15.0 Å². The summed E-state index contributed by atoms with van der Waals surface area (Å²) < 4.78 is 0. The van der Waals surface area contributed by atoms with Crippen molar-refractivity contribution >= 4 is 6.29 Å². The number of hydrogen-bond donors (Lipinski definition) is 2. The van der Waals surface area contributed by atoms with E-state index in [1.165, 1.54) is 19.3 Å². The van der Waals surface area contributed by atoms with Crippen molar-refractivity contribution in [1.82, 2.24) is 0 Å². The molecular formula is C25H40O3. The van der Waals surface area contributed by atoms with Crippen LogP contribution in [0.2, 0.25) is 0 Å². The van der Waals surface area contributed by atoms with E-state index < -0.39 is 11.5 Å². The van der Waals surface area contributed by atoms with Gasteiger partial charge in [-0.25, -0.2) is 0 Å². The molecule has 0 aromatic carbocycles. The Morgan fingerprint density at radius 3 is 2.39 bits per heavy atom. The zero-order valence-corrected chi connectivity index (χ0v) is 18.6. The molecule has 0 spiro atoms. The van der Waals surface area contributed by atoms with E-state index in [4.69, 9.17) is 0 Å². The number of aliphatic hydroxyl groups excluding tert-OH is 2. The lowest BCUT2D eigenvalue weighted by Crippen LogP contribution is -2.56. The smallest absolute Gasteiger partial charge is 0.128 e. The van der Waals surface area contributed by atoms with Gasteiger partial charge in [-0.1, -0.05) is 45.8 Å². The normalized spacial score (nSPS) is 51.9. The maximum atomic E-state index is 12.1. The third-order valence-corrected chi connectivity index (χ3v) is 10.7. The second kappa shape index (κ2) is 6.41. The van der Waals surface area contributed by atoms with E-state index in [-0.39, 0.29) is 28.8 Å². The molecule has 2 saturated carbocycles. The monoisotopic (exact) mass is 388 g/mol. The Morgan fingerprint density at radius 1 is 1.04 bits per heavy atom. The van der Waals surface area contributed by atoms with E-state index in [1.54, 1.807) is 11.1 Å². The highest BCUT2D eigenvalue weighted by Gasteiger charge is 2.63. The molecule has 0 aromatic rings. The first-order valence-corrected chi connectivity index (χ1v) is 11.6. The van der Waals surface area contributed by atoms with Gasteiger partial charge in [-0.15, -0.1) is 0 Å². The summed E-state index contributed by atoms with van der Waals surface area (Å²) in [5.41, 5.74) is 3.25. The SMILES string of the molecule is CC(CO)C1CCC2(C)C3=C(CCC12C)C1(C)CCC(O)C(C)(C=O)C1CC3. The van der Waals surface area contributed by atoms with Crippen molar-refractivity contribution in [2.24, 2.45) is 39.4 Å². The van der Waals surface area contributed by atoms with Crippen LogP contribution in [-0.4, -0.2) is 29.2 Å². The van der Waals surface area contributed by atoms with Gasteiger partial charge in [0.1, 0.15) is 6.29 Å². The second-order valence-electron chi connectivity index (χ2n) is 11.6. The number of aldehydes is 1. The van der Waals surface area contributed by atoms with Crippen LogP contribution >= 0.6 is 0 Å². The van der Waals surface area contributed by atoms with Crippen LogP contribution in [0.4, 0.5) is 0 Å². The number of aliphatic hydroxyl groups is 2. The van der Waals surface area contributed by atoms with Crippen molar-refractivity contribution in [3.8, 4) is 0 Å². The first kappa shape index (κ1) is 20.6. The van der Waals surface area contributed by atoms with Gasteiger partial charge >= 0.3 is 0 Å². The Labute approximate surface area is 171 Å². The van der Waals surface area contributed by atoms with Gasteiger partial charge in [0.2, 0.25) is 0 Å². The molecule has 158 valence electrons. The average molecular weight is 389 g/mol. The third kappa shape index (κ3) is 2.32. The Morgan fingerprint density at radius 2 is 1.75 bits per heavy atom. The Balaban J connectivity index is 1.79. The standard InChI is InChI=1S/C25H40O3/c1-16(14-26)17-8-12-25(5)19-6-7-20-22(2,18(19)9-13-24(17,25)4)11-10-21(28)23(20,3)15-27/h15-17,20-21,26,28H,6-14H2,1-5H3. The number of carbonyl (C=O) groups excluding carboxylic acids is 1. The zero-order valence-electron chi connectivity index (χ0n) is 18.6. The van der Waals surface area contributed by atoms with Crippen molar-refractivity contribution in [1.29, 1.82) is 0 Å². The lowest BCUT2D eigenvalue weighted by atomic mass is 9.43.